The Morgan fingerprint density at radius 3 is 2.63 bits per heavy atom. The maximum atomic E-state index is 13.2. The van der Waals surface area contributed by atoms with Crippen molar-refractivity contribution in [1.29, 1.82) is 0 Å². The Labute approximate surface area is 134 Å². The third-order valence-electron chi connectivity index (χ3n) is 3.07. The van der Waals surface area contributed by atoms with Crippen LogP contribution in [0.4, 0.5) is 4.39 Å². The van der Waals surface area contributed by atoms with Crippen LogP contribution in [0.15, 0.2) is 46.9 Å². The number of halogens is 3. The molecule has 1 nitrogen and oxygen atoms in total. The maximum absolute atomic E-state index is 13.2. The number of hydrogen-bond acceptors (Lipinski definition) is 1. The summed E-state index contributed by atoms with van der Waals surface area (Å²) >= 11 is 5.75. The summed E-state index contributed by atoms with van der Waals surface area (Å²) in [6.07, 6.45) is 0.861. The van der Waals surface area contributed by atoms with Gasteiger partial charge in [0, 0.05) is 14.1 Å². The van der Waals surface area contributed by atoms with Crippen molar-refractivity contribution >= 4 is 38.5 Å². The quantitative estimate of drug-likeness (QED) is 0.689. The van der Waals surface area contributed by atoms with Crippen LogP contribution in [-0.2, 0) is 6.42 Å². The van der Waals surface area contributed by atoms with Crippen molar-refractivity contribution in [3.05, 3.63) is 67.5 Å². The van der Waals surface area contributed by atoms with Gasteiger partial charge in [-0.2, -0.15) is 0 Å². The Bertz CT molecular complexity index is 574. The number of rotatable bonds is 4. The second kappa shape index (κ2) is 6.81. The molecule has 0 aliphatic heterocycles. The molecule has 0 fully saturated rings. The molecular weight excluding hydrogens is 420 g/mol. The van der Waals surface area contributed by atoms with Gasteiger partial charge in [0.15, 0.2) is 0 Å². The first-order valence-corrected chi connectivity index (χ1v) is 7.84. The molecule has 0 bridgehead atoms. The van der Waals surface area contributed by atoms with Gasteiger partial charge in [0.1, 0.15) is 5.82 Å². The molecule has 2 rings (SSSR count). The van der Waals surface area contributed by atoms with Gasteiger partial charge in [-0.3, -0.25) is 0 Å². The van der Waals surface area contributed by atoms with Crippen molar-refractivity contribution in [2.45, 2.75) is 12.5 Å². The summed E-state index contributed by atoms with van der Waals surface area (Å²) in [5.41, 5.74) is 2.36. The summed E-state index contributed by atoms with van der Waals surface area (Å²) in [4.78, 5) is 0. The van der Waals surface area contributed by atoms with E-state index in [1.165, 1.54) is 11.6 Å². The van der Waals surface area contributed by atoms with Gasteiger partial charge in [-0.25, -0.2) is 4.39 Å². The van der Waals surface area contributed by atoms with Crippen LogP contribution in [0.1, 0.15) is 17.2 Å². The highest BCUT2D eigenvalue weighted by molar-refractivity contribution is 14.1. The number of likely N-dealkylation sites (N-methyl/N-ethyl adjacent to an activating group) is 1. The van der Waals surface area contributed by atoms with Crippen LogP contribution < -0.4 is 5.32 Å². The number of hydrogen-bond donors (Lipinski definition) is 1. The molecule has 4 heteroatoms. The van der Waals surface area contributed by atoms with Crippen molar-refractivity contribution < 1.29 is 4.39 Å². The van der Waals surface area contributed by atoms with E-state index in [1.807, 2.05) is 31.3 Å². The topological polar surface area (TPSA) is 12.0 Å². The molecule has 0 aliphatic carbocycles. The molecule has 2 aromatic carbocycles. The Morgan fingerprint density at radius 2 is 2.00 bits per heavy atom. The fourth-order valence-corrected chi connectivity index (χ4v) is 3.34. The molecule has 1 atom stereocenters. The molecule has 0 saturated heterocycles. The Morgan fingerprint density at radius 1 is 1.26 bits per heavy atom. The molecule has 1 unspecified atom stereocenters. The van der Waals surface area contributed by atoms with Crippen molar-refractivity contribution in [2.24, 2.45) is 0 Å². The first-order valence-electron chi connectivity index (χ1n) is 5.97. The second-order valence-corrected chi connectivity index (χ2v) is 6.32. The van der Waals surface area contributed by atoms with Crippen molar-refractivity contribution in [1.82, 2.24) is 5.32 Å². The zero-order valence-corrected chi connectivity index (χ0v) is 14.2. The smallest absolute Gasteiger partial charge is 0.124 e. The highest BCUT2D eigenvalue weighted by Crippen LogP contribution is 2.26. The van der Waals surface area contributed by atoms with E-state index in [9.17, 15) is 4.39 Å². The van der Waals surface area contributed by atoms with E-state index < -0.39 is 0 Å². The highest BCUT2D eigenvalue weighted by atomic mass is 127. The van der Waals surface area contributed by atoms with E-state index in [-0.39, 0.29) is 11.9 Å². The molecular formula is C15H14BrFIN. The summed E-state index contributed by atoms with van der Waals surface area (Å²) in [6.45, 7) is 0. The van der Waals surface area contributed by atoms with Crippen molar-refractivity contribution in [3.63, 3.8) is 0 Å². The molecule has 1 N–H and O–H groups in total. The van der Waals surface area contributed by atoms with Crippen LogP contribution in [0, 0.1) is 9.39 Å². The van der Waals surface area contributed by atoms with Crippen LogP contribution >= 0.6 is 38.5 Å². The highest BCUT2D eigenvalue weighted by Gasteiger charge is 2.15. The van der Waals surface area contributed by atoms with Gasteiger partial charge < -0.3 is 5.32 Å². The van der Waals surface area contributed by atoms with Crippen LogP contribution in [0.2, 0.25) is 0 Å². The normalized spacial score (nSPS) is 12.4. The summed E-state index contributed by atoms with van der Waals surface area (Å²) in [5, 5.41) is 3.31. The van der Waals surface area contributed by atoms with Gasteiger partial charge >= 0.3 is 0 Å². The first-order chi connectivity index (χ1) is 9.11. The third kappa shape index (κ3) is 3.77. The summed E-state index contributed by atoms with van der Waals surface area (Å²) in [7, 11) is 1.93. The summed E-state index contributed by atoms with van der Waals surface area (Å²) in [5.74, 6) is -0.191. The Hall–Kier alpha value is -0.460. The largest absolute Gasteiger partial charge is 0.313 e. The van der Waals surface area contributed by atoms with E-state index in [1.54, 1.807) is 6.07 Å². The molecule has 100 valence electrons. The molecule has 2 aromatic rings. The number of benzene rings is 2. The van der Waals surface area contributed by atoms with Crippen LogP contribution in [0.3, 0.4) is 0 Å². The standard InChI is InChI=1S/C15H14BrFIN/c1-19-15(8-10-4-2-3-5-13(10)16)12-7-6-11(17)9-14(12)18/h2-7,9,15,19H,8H2,1H3. The lowest BCUT2D eigenvalue weighted by Gasteiger charge is -2.19. The first kappa shape index (κ1) is 14.9. The van der Waals surface area contributed by atoms with E-state index in [0.29, 0.717) is 0 Å². The summed E-state index contributed by atoms with van der Waals surface area (Å²) in [6, 6.07) is 13.3. The summed E-state index contributed by atoms with van der Waals surface area (Å²) < 4.78 is 15.2. The Kier molecular flexibility index (Phi) is 5.36. The van der Waals surface area contributed by atoms with Crippen LogP contribution in [-0.4, -0.2) is 7.05 Å². The minimum atomic E-state index is -0.191. The van der Waals surface area contributed by atoms with Crippen molar-refractivity contribution in [3.8, 4) is 0 Å². The monoisotopic (exact) mass is 433 g/mol. The maximum Gasteiger partial charge on any atom is 0.124 e. The van der Waals surface area contributed by atoms with Gasteiger partial charge in [-0.15, -0.1) is 0 Å². The molecule has 0 amide bonds. The van der Waals surface area contributed by atoms with Crippen LogP contribution in [0.25, 0.3) is 0 Å². The molecule has 0 saturated carbocycles. The minimum absolute atomic E-state index is 0.172. The predicted octanol–water partition coefficient (Wildman–Crippen LogP) is 4.70. The lowest BCUT2D eigenvalue weighted by Crippen LogP contribution is -2.20. The number of nitrogens with one attached hydrogen (secondary N) is 1. The van der Waals surface area contributed by atoms with E-state index in [2.05, 4.69) is 49.9 Å². The average Bonchev–Trinajstić information content (AvgIpc) is 2.39. The lowest BCUT2D eigenvalue weighted by molar-refractivity contribution is 0.581. The van der Waals surface area contributed by atoms with E-state index >= 15 is 0 Å². The fraction of sp³-hybridized carbons (Fsp3) is 0.200. The molecule has 0 spiro atoms. The van der Waals surface area contributed by atoms with Gasteiger partial charge in [-0.05, 0) is 65.4 Å². The van der Waals surface area contributed by atoms with E-state index in [0.717, 1.165) is 20.0 Å². The molecule has 0 aliphatic rings. The predicted molar refractivity (Wildman–Crippen MR) is 88.8 cm³/mol. The van der Waals surface area contributed by atoms with E-state index in [4.69, 9.17) is 0 Å². The zero-order chi connectivity index (χ0) is 13.8. The van der Waals surface area contributed by atoms with Gasteiger partial charge in [0.2, 0.25) is 0 Å². The second-order valence-electron chi connectivity index (χ2n) is 4.30. The van der Waals surface area contributed by atoms with Crippen molar-refractivity contribution in [2.75, 3.05) is 7.05 Å². The Balaban J connectivity index is 2.28. The van der Waals surface area contributed by atoms with Crippen LogP contribution in [0.5, 0.6) is 0 Å². The SMILES string of the molecule is CNC(Cc1ccccc1Br)c1ccc(F)cc1I. The van der Waals surface area contributed by atoms with Gasteiger partial charge in [0.05, 0.1) is 0 Å². The molecule has 0 heterocycles. The fourth-order valence-electron chi connectivity index (χ4n) is 2.04. The molecule has 0 radical (unpaired) electrons. The zero-order valence-electron chi connectivity index (χ0n) is 10.5. The lowest BCUT2D eigenvalue weighted by atomic mass is 9.99. The third-order valence-corrected chi connectivity index (χ3v) is 4.78. The average molecular weight is 434 g/mol. The van der Waals surface area contributed by atoms with Gasteiger partial charge in [0.25, 0.3) is 0 Å². The molecule has 0 aromatic heterocycles. The minimum Gasteiger partial charge on any atom is -0.313 e. The van der Waals surface area contributed by atoms with Gasteiger partial charge in [-0.1, -0.05) is 40.2 Å². The molecule has 19 heavy (non-hydrogen) atoms.